The summed E-state index contributed by atoms with van der Waals surface area (Å²) in [6.45, 7) is 2.09. The molecule has 0 bridgehead atoms. The topological polar surface area (TPSA) is 41.1 Å². The Labute approximate surface area is 138 Å². The lowest BCUT2D eigenvalue weighted by molar-refractivity contribution is -0.120. The van der Waals surface area contributed by atoms with Gasteiger partial charge in [-0.05, 0) is 42.7 Å². The van der Waals surface area contributed by atoms with Gasteiger partial charge in [0.15, 0.2) is 11.6 Å². The van der Waals surface area contributed by atoms with Gasteiger partial charge in [0, 0.05) is 12.6 Å². The first-order valence-corrected chi connectivity index (χ1v) is 7.66. The predicted octanol–water partition coefficient (Wildman–Crippen LogP) is 3.11. The Hall–Kier alpha value is -2.34. The molecule has 0 fully saturated rings. The normalized spacial score (nSPS) is 12.0. The van der Waals surface area contributed by atoms with E-state index in [0.29, 0.717) is 24.1 Å². The summed E-state index contributed by atoms with van der Waals surface area (Å²) in [4.78, 5) is 11.8. The van der Waals surface area contributed by atoms with Crippen molar-refractivity contribution in [1.29, 1.82) is 0 Å². The second kappa shape index (κ2) is 8.49. The number of carbonyl (C=O) groups is 1. The van der Waals surface area contributed by atoms with Gasteiger partial charge in [0.1, 0.15) is 5.82 Å². The molecule has 2 aromatic carbocycles. The van der Waals surface area contributed by atoms with Crippen molar-refractivity contribution in [2.45, 2.75) is 19.4 Å². The van der Waals surface area contributed by atoms with Crippen LogP contribution in [-0.4, -0.2) is 19.0 Å². The van der Waals surface area contributed by atoms with Crippen LogP contribution in [0.4, 0.5) is 13.2 Å². The van der Waals surface area contributed by atoms with Crippen LogP contribution in [0.25, 0.3) is 0 Å². The maximum Gasteiger partial charge on any atom is 0.233 e. The minimum Gasteiger partial charge on any atom is -0.355 e. The van der Waals surface area contributed by atoms with Gasteiger partial charge in [0.05, 0.1) is 6.54 Å². The molecule has 0 saturated heterocycles. The van der Waals surface area contributed by atoms with Crippen LogP contribution >= 0.6 is 0 Å². The number of halogens is 3. The summed E-state index contributed by atoms with van der Waals surface area (Å²) in [7, 11) is 0. The van der Waals surface area contributed by atoms with E-state index in [4.69, 9.17) is 0 Å². The number of benzene rings is 2. The van der Waals surface area contributed by atoms with Gasteiger partial charge in [0.2, 0.25) is 5.91 Å². The van der Waals surface area contributed by atoms with Crippen molar-refractivity contribution in [3.63, 3.8) is 0 Å². The van der Waals surface area contributed by atoms with E-state index in [2.05, 4.69) is 10.6 Å². The molecule has 24 heavy (non-hydrogen) atoms. The number of carbonyl (C=O) groups excluding carboxylic acids is 1. The van der Waals surface area contributed by atoms with Crippen molar-refractivity contribution in [3.8, 4) is 0 Å². The molecule has 0 aromatic heterocycles. The molecular formula is C18H19F3N2O. The second-order valence-corrected chi connectivity index (χ2v) is 5.47. The summed E-state index contributed by atoms with van der Waals surface area (Å²) in [6, 6.07) is 9.71. The Morgan fingerprint density at radius 1 is 1.04 bits per heavy atom. The quantitative estimate of drug-likeness (QED) is 0.816. The summed E-state index contributed by atoms with van der Waals surface area (Å²) in [5.74, 6) is -2.37. The van der Waals surface area contributed by atoms with E-state index in [9.17, 15) is 18.0 Å². The highest BCUT2D eigenvalue weighted by atomic mass is 19.2. The van der Waals surface area contributed by atoms with Crippen molar-refractivity contribution in [3.05, 3.63) is 71.0 Å². The van der Waals surface area contributed by atoms with E-state index in [1.165, 1.54) is 12.1 Å². The lowest BCUT2D eigenvalue weighted by Crippen LogP contribution is -2.36. The average molecular weight is 336 g/mol. The van der Waals surface area contributed by atoms with E-state index >= 15 is 0 Å². The monoisotopic (exact) mass is 336 g/mol. The predicted molar refractivity (Wildman–Crippen MR) is 85.9 cm³/mol. The molecule has 2 aromatic rings. The fourth-order valence-electron chi connectivity index (χ4n) is 2.25. The summed E-state index contributed by atoms with van der Waals surface area (Å²) in [5.41, 5.74) is 1.09. The maximum absolute atomic E-state index is 13.4. The Bertz CT molecular complexity index is 706. The van der Waals surface area contributed by atoms with Gasteiger partial charge in [-0.25, -0.2) is 13.2 Å². The molecule has 128 valence electrons. The highest BCUT2D eigenvalue weighted by molar-refractivity contribution is 5.78. The Balaban J connectivity index is 1.74. The summed E-state index contributed by atoms with van der Waals surface area (Å²) in [5, 5.41) is 5.61. The third kappa shape index (κ3) is 5.09. The van der Waals surface area contributed by atoms with Crippen molar-refractivity contribution < 1.29 is 18.0 Å². The highest BCUT2D eigenvalue weighted by Gasteiger charge is 2.10. The van der Waals surface area contributed by atoms with Crippen LogP contribution in [0.5, 0.6) is 0 Å². The minimum atomic E-state index is -0.921. The molecule has 0 aliphatic heterocycles. The molecule has 0 aliphatic carbocycles. The van der Waals surface area contributed by atoms with Gasteiger partial charge in [0.25, 0.3) is 0 Å². The van der Waals surface area contributed by atoms with Crippen LogP contribution in [-0.2, 0) is 11.2 Å². The number of amides is 1. The van der Waals surface area contributed by atoms with Gasteiger partial charge < -0.3 is 10.6 Å². The smallest absolute Gasteiger partial charge is 0.233 e. The third-order valence-electron chi connectivity index (χ3n) is 3.69. The van der Waals surface area contributed by atoms with E-state index < -0.39 is 11.6 Å². The zero-order chi connectivity index (χ0) is 17.5. The summed E-state index contributed by atoms with van der Waals surface area (Å²) >= 11 is 0. The van der Waals surface area contributed by atoms with Crippen molar-refractivity contribution >= 4 is 5.91 Å². The van der Waals surface area contributed by atoms with E-state index in [-0.39, 0.29) is 24.3 Å². The summed E-state index contributed by atoms with van der Waals surface area (Å²) in [6.07, 6.45) is 0.400. The largest absolute Gasteiger partial charge is 0.355 e. The first-order chi connectivity index (χ1) is 11.5. The molecule has 0 spiro atoms. The molecule has 1 atom stereocenters. The lowest BCUT2D eigenvalue weighted by atomic mass is 10.1. The van der Waals surface area contributed by atoms with Gasteiger partial charge in [-0.1, -0.05) is 24.3 Å². The number of hydrogen-bond acceptors (Lipinski definition) is 2. The third-order valence-corrected chi connectivity index (χ3v) is 3.69. The Morgan fingerprint density at radius 2 is 1.79 bits per heavy atom. The molecule has 0 saturated carbocycles. The summed E-state index contributed by atoms with van der Waals surface area (Å²) < 4.78 is 39.5. The zero-order valence-electron chi connectivity index (χ0n) is 13.3. The molecule has 3 nitrogen and oxygen atoms in total. The SMILES string of the molecule is C[C@@H](NCC(=O)NCCc1ccccc1F)c1ccc(F)c(F)c1. The number of nitrogens with one attached hydrogen (secondary N) is 2. The molecule has 0 heterocycles. The molecule has 0 radical (unpaired) electrons. The standard InChI is InChI=1S/C18H19F3N2O/c1-12(14-6-7-16(20)17(21)10-14)23-11-18(24)22-9-8-13-4-2-3-5-15(13)19/h2-7,10,12,23H,8-9,11H2,1H3,(H,22,24)/t12-/m1/s1. The maximum atomic E-state index is 13.4. The van der Waals surface area contributed by atoms with Crippen LogP contribution in [0.3, 0.4) is 0 Å². The van der Waals surface area contributed by atoms with Crippen molar-refractivity contribution in [1.82, 2.24) is 10.6 Å². The van der Waals surface area contributed by atoms with Gasteiger partial charge in [-0.3, -0.25) is 4.79 Å². The van der Waals surface area contributed by atoms with Crippen molar-refractivity contribution in [2.24, 2.45) is 0 Å². The molecule has 2 rings (SSSR count). The van der Waals surface area contributed by atoms with Crippen LogP contribution in [0.2, 0.25) is 0 Å². The van der Waals surface area contributed by atoms with Gasteiger partial charge in [-0.2, -0.15) is 0 Å². The molecule has 2 N–H and O–H groups in total. The first kappa shape index (κ1) is 18.0. The number of rotatable bonds is 7. The van der Waals surface area contributed by atoms with E-state index in [1.807, 2.05) is 0 Å². The van der Waals surface area contributed by atoms with Crippen molar-refractivity contribution in [2.75, 3.05) is 13.1 Å². The lowest BCUT2D eigenvalue weighted by Gasteiger charge is -2.14. The second-order valence-electron chi connectivity index (χ2n) is 5.47. The van der Waals surface area contributed by atoms with Gasteiger partial charge >= 0.3 is 0 Å². The van der Waals surface area contributed by atoms with E-state index in [1.54, 1.807) is 25.1 Å². The van der Waals surface area contributed by atoms with Crippen LogP contribution < -0.4 is 10.6 Å². The first-order valence-electron chi connectivity index (χ1n) is 7.66. The van der Waals surface area contributed by atoms with Crippen LogP contribution in [0.1, 0.15) is 24.1 Å². The molecular weight excluding hydrogens is 317 g/mol. The molecule has 0 unspecified atom stereocenters. The molecule has 6 heteroatoms. The Morgan fingerprint density at radius 3 is 2.50 bits per heavy atom. The van der Waals surface area contributed by atoms with Crippen LogP contribution in [0, 0.1) is 17.5 Å². The molecule has 1 amide bonds. The molecule has 0 aliphatic rings. The Kier molecular flexibility index (Phi) is 6.37. The van der Waals surface area contributed by atoms with Crippen LogP contribution in [0.15, 0.2) is 42.5 Å². The fraction of sp³-hybridized carbons (Fsp3) is 0.278. The minimum absolute atomic E-state index is 0.0252. The highest BCUT2D eigenvalue weighted by Crippen LogP contribution is 2.15. The van der Waals surface area contributed by atoms with E-state index in [0.717, 1.165) is 12.1 Å². The zero-order valence-corrected chi connectivity index (χ0v) is 13.3. The fourth-order valence-corrected chi connectivity index (χ4v) is 2.25. The number of hydrogen-bond donors (Lipinski definition) is 2. The van der Waals surface area contributed by atoms with Gasteiger partial charge in [-0.15, -0.1) is 0 Å². The average Bonchev–Trinajstić information content (AvgIpc) is 2.57.